The Balaban J connectivity index is 2.89. The van der Waals surface area contributed by atoms with Crippen LogP contribution in [0.1, 0.15) is 27.2 Å². The second-order valence-corrected chi connectivity index (χ2v) is 3.84. The van der Waals surface area contributed by atoms with Crippen LogP contribution in [0, 0.1) is 5.41 Å². The number of hydrogen-bond acceptors (Lipinski definition) is 2. The molecule has 72 valence electrons. The Morgan fingerprint density at radius 1 is 1.69 bits per heavy atom. The molecule has 1 rings (SSSR count). The molecule has 0 radical (unpaired) electrons. The van der Waals surface area contributed by atoms with E-state index in [0.29, 0.717) is 0 Å². The van der Waals surface area contributed by atoms with Crippen molar-refractivity contribution in [2.45, 2.75) is 27.2 Å². The van der Waals surface area contributed by atoms with Gasteiger partial charge < -0.3 is 5.32 Å². The molecule has 0 aromatic carbocycles. The molecule has 0 bridgehead atoms. The molecule has 1 aliphatic heterocycles. The lowest BCUT2D eigenvalue weighted by atomic mass is 9.79. The van der Waals surface area contributed by atoms with Gasteiger partial charge in [0.25, 0.3) is 0 Å². The number of aliphatic imine (C=N–C) groups is 1. The molecule has 1 unspecified atom stereocenters. The van der Waals surface area contributed by atoms with Gasteiger partial charge in [-0.1, -0.05) is 13.0 Å². The lowest BCUT2D eigenvalue weighted by molar-refractivity contribution is 0.527. The van der Waals surface area contributed by atoms with Crippen molar-refractivity contribution in [3.05, 3.63) is 23.5 Å². The Labute approximate surface area is 80.4 Å². The molecule has 1 atom stereocenters. The van der Waals surface area contributed by atoms with E-state index in [4.69, 9.17) is 0 Å². The highest BCUT2D eigenvalue weighted by Crippen LogP contribution is 2.34. The summed E-state index contributed by atoms with van der Waals surface area (Å²) in [5, 5.41) is 3.15. The van der Waals surface area contributed by atoms with Crippen LogP contribution >= 0.6 is 0 Å². The summed E-state index contributed by atoms with van der Waals surface area (Å²) in [6, 6.07) is 0. The molecule has 1 aliphatic rings. The minimum atomic E-state index is 0.148. The number of nitrogens with zero attached hydrogens (tertiary/aromatic N) is 1. The molecule has 0 saturated heterocycles. The normalized spacial score (nSPS) is 28.6. The van der Waals surface area contributed by atoms with Gasteiger partial charge in [0.2, 0.25) is 0 Å². The van der Waals surface area contributed by atoms with Crippen molar-refractivity contribution < 1.29 is 0 Å². The molecule has 0 aromatic rings. The molecular weight excluding hydrogens is 160 g/mol. The van der Waals surface area contributed by atoms with Crippen LogP contribution in [-0.4, -0.2) is 13.3 Å². The maximum atomic E-state index is 4.15. The minimum absolute atomic E-state index is 0.148. The Bertz CT molecular complexity index is 274. The lowest BCUT2D eigenvalue weighted by Crippen LogP contribution is -2.20. The third-order valence-electron chi connectivity index (χ3n) is 2.72. The van der Waals surface area contributed by atoms with Crippen LogP contribution in [0.25, 0.3) is 0 Å². The average Bonchev–Trinajstić information content (AvgIpc) is 2.10. The van der Waals surface area contributed by atoms with Crippen molar-refractivity contribution in [1.29, 1.82) is 0 Å². The molecule has 0 fully saturated rings. The van der Waals surface area contributed by atoms with Gasteiger partial charge >= 0.3 is 0 Å². The summed E-state index contributed by atoms with van der Waals surface area (Å²) in [7, 11) is 1.95. The SMILES string of the molecule is CN/C(C)=C/C1(C)CC=NC=C1C. The average molecular weight is 178 g/mol. The van der Waals surface area contributed by atoms with Gasteiger partial charge in [0.05, 0.1) is 0 Å². The quantitative estimate of drug-likeness (QED) is 0.690. The molecule has 0 aliphatic carbocycles. The highest BCUT2D eigenvalue weighted by Gasteiger charge is 2.24. The predicted molar refractivity (Wildman–Crippen MR) is 57.8 cm³/mol. The molecular formula is C11H18N2. The van der Waals surface area contributed by atoms with E-state index in [-0.39, 0.29) is 5.41 Å². The number of allylic oxidation sites excluding steroid dienone is 3. The maximum absolute atomic E-state index is 4.15. The number of rotatable bonds is 2. The van der Waals surface area contributed by atoms with Crippen molar-refractivity contribution in [3.8, 4) is 0 Å². The zero-order valence-electron chi connectivity index (χ0n) is 8.89. The van der Waals surface area contributed by atoms with E-state index < -0.39 is 0 Å². The van der Waals surface area contributed by atoms with Crippen molar-refractivity contribution >= 4 is 6.21 Å². The molecule has 13 heavy (non-hydrogen) atoms. The molecule has 1 N–H and O–H groups in total. The van der Waals surface area contributed by atoms with Crippen LogP contribution in [0.2, 0.25) is 0 Å². The number of nitrogens with one attached hydrogen (secondary N) is 1. The molecule has 2 heteroatoms. The Morgan fingerprint density at radius 3 is 2.92 bits per heavy atom. The second-order valence-electron chi connectivity index (χ2n) is 3.84. The van der Waals surface area contributed by atoms with Gasteiger partial charge in [0.15, 0.2) is 0 Å². The van der Waals surface area contributed by atoms with E-state index in [2.05, 4.69) is 37.2 Å². The third kappa shape index (κ3) is 2.20. The highest BCUT2D eigenvalue weighted by molar-refractivity contribution is 5.63. The first-order valence-corrected chi connectivity index (χ1v) is 4.64. The van der Waals surface area contributed by atoms with Crippen LogP contribution in [0.3, 0.4) is 0 Å². The monoisotopic (exact) mass is 178 g/mol. The van der Waals surface area contributed by atoms with E-state index >= 15 is 0 Å². The standard InChI is InChI=1S/C11H18N2/c1-9-8-13-6-5-11(9,3)7-10(2)12-4/h6-8,12H,5H2,1-4H3/b10-7+. The first-order chi connectivity index (χ1) is 6.08. The van der Waals surface area contributed by atoms with Gasteiger partial charge in [0, 0.05) is 30.6 Å². The van der Waals surface area contributed by atoms with Crippen LogP contribution in [0.5, 0.6) is 0 Å². The van der Waals surface area contributed by atoms with E-state index in [9.17, 15) is 0 Å². The summed E-state index contributed by atoms with van der Waals surface area (Å²) in [5.41, 5.74) is 2.68. The van der Waals surface area contributed by atoms with E-state index in [1.54, 1.807) is 0 Å². The zero-order valence-corrected chi connectivity index (χ0v) is 8.89. The fourth-order valence-electron chi connectivity index (χ4n) is 1.44. The fourth-order valence-corrected chi connectivity index (χ4v) is 1.44. The number of hydrogen-bond donors (Lipinski definition) is 1. The van der Waals surface area contributed by atoms with Gasteiger partial charge in [-0.05, 0) is 25.8 Å². The Hall–Kier alpha value is -1.05. The topological polar surface area (TPSA) is 24.4 Å². The van der Waals surface area contributed by atoms with E-state index in [1.807, 2.05) is 19.5 Å². The summed E-state index contributed by atoms with van der Waals surface area (Å²) in [5.74, 6) is 0. The highest BCUT2D eigenvalue weighted by atomic mass is 14.8. The van der Waals surface area contributed by atoms with Crippen LogP contribution < -0.4 is 5.32 Å². The van der Waals surface area contributed by atoms with Crippen LogP contribution in [-0.2, 0) is 0 Å². The van der Waals surface area contributed by atoms with E-state index in [0.717, 1.165) is 6.42 Å². The summed E-state index contributed by atoms with van der Waals surface area (Å²) in [4.78, 5) is 4.15. The second kappa shape index (κ2) is 3.77. The van der Waals surface area contributed by atoms with Gasteiger partial charge in [-0.2, -0.15) is 0 Å². The van der Waals surface area contributed by atoms with Gasteiger partial charge in [-0.15, -0.1) is 0 Å². The largest absolute Gasteiger partial charge is 0.392 e. The summed E-state index contributed by atoms with van der Waals surface area (Å²) < 4.78 is 0. The van der Waals surface area contributed by atoms with E-state index in [1.165, 1.54) is 11.3 Å². The molecule has 0 aromatic heterocycles. The predicted octanol–water partition coefficient (Wildman–Crippen LogP) is 2.49. The lowest BCUT2D eigenvalue weighted by Gasteiger charge is -2.28. The summed E-state index contributed by atoms with van der Waals surface area (Å²) in [6.07, 6.45) is 7.19. The van der Waals surface area contributed by atoms with Gasteiger partial charge in [0.1, 0.15) is 0 Å². The zero-order chi connectivity index (χ0) is 9.90. The first-order valence-electron chi connectivity index (χ1n) is 4.64. The van der Waals surface area contributed by atoms with Crippen molar-refractivity contribution in [2.24, 2.45) is 10.4 Å². The van der Waals surface area contributed by atoms with Crippen molar-refractivity contribution in [2.75, 3.05) is 7.05 Å². The molecule has 0 amide bonds. The van der Waals surface area contributed by atoms with Gasteiger partial charge in [-0.25, -0.2) is 0 Å². The third-order valence-corrected chi connectivity index (χ3v) is 2.72. The fraction of sp³-hybridized carbons (Fsp3) is 0.545. The minimum Gasteiger partial charge on any atom is -0.392 e. The van der Waals surface area contributed by atoms with Crippen molar-refractivity contribution in [3.63, 3.8) is 0 Å². The Morgan fingerprint density at radius 2 is 2.38 bits per heavy atom. The van der Waals surface area contributed by atoms with Crippen molar-refractivity contribution in [1.82, 2.24) is 5.32 Å². The molecule has 0 saturated carbocycles. The smallest absolute Gasteiger partial charge is 0.0261 e. The van der Waals surface area contributed by atoms with Crippen LogP contribution in [0.15, 0.2) is 28.5 Å². The summed E-state index contributed by atoms with van der Waals surface area (Å²) >= 11 is 0. The maximum Gasteiger partial charge on any atom is 0.0261 e. The summed E-state index contributed by atoms with van der Waals surface area (Å²) in [6.45, 7) is 6.46. The molecule has 0 spiro atoms. The Kier molecular flexibility index (Phi) is 2.91. The van der Waals surface area contributed by atoms with Gasteiger partial charge in [-0.3, -0.25) is 4.99 Å². The molecule has 1 heterocycles. The molecule has 2 nitrogen and oxygen atoms in total. The van der Waals surface area contributed by atoms with Crippen LogP contribution in [0.4, 0.5) is 0 Å². The first kappa shape index (κ1) is 10.0.